The highest BCUT2D eigenvalue weighted by Crippen LogP contribution is 2.34. The molecule has 0 aliphatic heterocycles. The fraction of sp³-hybridized carbons (Fsp3) is 0.169. The molecular weight excluding hydrogens is 827 g/mol. The maximum atomic E-state index is 6.69. The fourth-order valence-electron chi connectivity index (χ4n) is 9.62. The van der Waals surface area contributed by atoms with Crippen molar-refractivity contribution in [2.75, 3.05) is 0 Å². The molecule has 0 N–H and O–H groups in total. The Morgan fingerprint density at radius 2 is 1.53 bits per heavy atom. The largest absolute Gasteiger partial charge is 0.456 e. The van der Waals surface area contributed by atoms with Crippen molar-refractivity contribution in [3.05, 3.63) is 231 Å². The van der Waals surface area contributed by atoms with Gasteiger partial charge in [-0.15, -0.1) is 6.58 Å². The summed E-state index contributed by atoms with van der Waals surface area (Å²) >= 11 is 0. The third kappa shape index (κ3) is 9.22. The lowest BCUT2D eigenvalue weighted by molar-refractivity contribution is 0.574. The summed E-state index contributed by atoms with van der Waals surface area (Å²) in [5.74, 6) is 0. The Morgan fingerprint density at radius 3 is 2.29 bits per heavy atom. The maximum Gasteiger partial charge on any atom is 0.159 e. The Hall–Kier alpha value is -7.62. The number of aromatic nitrogens is 1. The monoisotopic (exact) mass is 887 g/mol. The lowest BCUT2D eigenvalue weighted by Gasteiger charge is -2.11. The lowest BCUT2D eigenvalue weighted by Crippen LogP contribution is -2.28. The molecule has 0 saturated carbocycles. The first-order valence-electron chi connectivity index (χ1n) is 24.3. The minimum absolute atomic E-state index is 0.784. The van der Waals surface area contributed by atoms with Crippen LogP contribution in [0.1, 0.15) is 82.1 Å². The molecular formula is C65H61NO2. The van der Waals surface area contributed by atoms with Gasteiger partial charge < -0.3 is 13.4 Å². The van der Waals surface area contributed by atoms with Crippen molar-refractivity contribution < 1.29 is 8.83 Å². The van der Waals surface area contributed by atoms with Gasteiger partial charge in [0.2, 0.25) is 0 Å². The van der Waals surface area contributed by atoms with Crippen LogP contribution in [0, 0.1) is 6.92 Å². The molecule has 3 nitrogen and oxygen atoms in total. The highest BCUT2D eigenvalue weighted by molar-refractivity contribution is 6.08. The van der Waals surface area contributed by atoms with E-state index in [0.717, 1.165) is 87.8 Å². The van der Waals surface area contributed by atoms with Gasteiger partial charge in [-0.05, 0) is 134 Å². The average molecular weight is 888 g/mol. The summed E-state index contributed by atoms with van der Waals surface area (Å²) in [5, 5.41) is 8.27. The summed E-state index contributed by atoms with van der Waals surface area (Å²) in [6.07, 6.45) is 39.1. The molecule has 0 fully saturated rings. The predicted molar refractivity (Wildman–Crippen MR) is 294 cm³/mol. The van der Waals surface area contributed by atoms with E-state index in [1.54, 1.807) is 0 Å². The van der Waals surface area contributed by atoms with Crippen LogP contribution in [0.3, 0.4) is 0 Å². The second-order valence-corrected chi connectivity index (χ2v) is 17.5. The molecule has 5 aromatic carbocycles. The average Bonchev–Trinajstić information content (AvgIpc) is 3.90. The van der Waals surface area contributed by atoms with Crippen molar-refractivity contribution in [3.8, 4) is 5.69 Å². The molecule has 338 valence electrons. The van der Waals surface area contributed by atoms with Crippen molar-refractivity contribution in [2.45, 2.75) is 73.1 Å². The van der Waals surface area contributed by atoms with Crippen LogP contribution in [0.25, 0.3) is 85.5 Å². The van der Waals surface area contributed by atoms with Gasteiger partial charge in [-0.3, -0.25) is 0 Å². The first kappa shape index (κ1) is 45.5. The number of benzene rings is 5. The van der Waals surface area contributed by atoms with Crippen LogP contribution in [0.4, 0.5) is 0 Å². The zero-order valence-electron chi connectivity index (χ0n) is 40.2. The molecule has 0 saturated heterocycles. The van der Waals surface area contributed by atoms with Crippen LogP contribution in [0.5, 0.6) is 0 Å². The van der Waals surface area contributed by atoms with Gasteiger partial charge in [-0.25, -0.2) is 0 Å². The van der Waals surface area contributed by atoms with E-state index in [1.807, 2.05) is 24.3 Å². The minimum Gasteiger partial charge on any atom is -0.456 e. The Balaban J connectivity index is 0.000000308. The molecule has 0 spiro atoms. The van der Waals surface area contributed by atoms with Gasteiger partial charge in [0.15, 0.2) is 5.58 Å². The van der Waals surface area contributed by atoms with Crippen molar-refractivity contribution in [1.82, 2.24) is 4.57 Å². The Bertz CT molecular complexity index is 3670. The standard InChI is InChI=1S/C49H41NO2.C16H20/c1-4-6-7-15-33(14-5-2)30-41-32(3)24-28-42-48(41)40-20-12-16-35(34-25-27-38-36-17-8-10-22-45(36)51-47(38)29-26-34)31-44(40)50(42)43-21-13-19-39-37-18-9-11-23-46(37)52-49(39)43;1-4-7-8-9-15(6-3)16-12-10-14(5-2)11-13-16/h4,6-11,13,15-25,27-31H,5,12,14,26H2,1-3H3;4,6,8-13H,1,5,7H2,2-3H3/b6-4-,15-7-,33-30+;9-8-,15-6+. The number of allylic oxidation sites excluding steroid dienone is 14. The number of hydrogen-bond donors (Lipinski definition) is 0. The van der Waals surface area contributed by atoms with E-state index in [2.05, 4.69) is 216 Å². The van der Waals surface area contributed by atoms with Gasteiger partial charge in [0.05, 0.1) is 16.6 Å². The molecule has 3 heterocycles. The third-order valence-corrected chi connectivity index (χ3v) is 13.1. The molecule has 0 atom stereocenters. The first-order valence-corrected chi connectivity index (χ1v) is 24.3. The van der Waals surface area contributed by atoms with Crippen LogP contribution in [-0.2, 0) is 6.42 Å². The number of aryl methyl sites for hydroxylation is 2. The van der Waals surface area contributed by atoms with Crippen LogP contribution >= 0.6 is 0 Å². The van der Waals surface area contributed by atoms with E-state index in [4.69, 9.17) is 8.83 Å². The second-order valence-electron chi connectivity index (χ2n) is 17.5. The van der Waals surface area contributed by atoms with E-state index in [0.29, 0.717) is 0 Å². The molecule has 10 rings (SSSR count). The van der Waals surface area contributed by atoms with E-state index in [-0.39, 0.29) is 0 Å². The van der Waals surface area contributed by atoms with Gasteiger partial charge in [-0.1, -0.05) is 178 Å². The van der Waals surface area contributed by atoms with Gasteiger partial charge in [-0.2, -0.15) is 0 Å². The number of para-hydroxylation sites is 3. The quantitative estimate of drug-likeness (QED) is 0.0904. The van der Waals surface area contributed by atoms with Crippen LogP contribution in [-0.4, -0.2) is 4.57 Å². The fourth-order valence-corrected chi connectivity index (χ4v) is 9.62. The third-order valence-electron chi connectivity index (χ3n) is 13.1. The zero-order chi connectivity index (χ0) is 47.0. The summed E-state index contributed by atoms with van der Waals surface area (Å²) in [6, 6.07) is 36.6. The molecule has 3 aromatic heterocycles. The number of furan rings is 2. The highest BCUT2D eigenvalue weighted by Gasteiger charge is 2.20. The van der Waals surface area contributed by atoms with Crippen molar-refractivity contribution in [3.63, 3.8) is 0 Å². The SMILES string of the molecule is C=CC/C=C\C(=C/C)c1ccc(CC)cc1.C\C=C/C=C\C(=C\c1c(C)ccc2c1c1c(n2-c2cccc3c2oc2ccccc23)=CC(C2=CC=c3c(oc4ccccc34)=CC2)=CCC=1)CCC. The molecule has 2 aliphatic carbocycles. The molecule has 0 unspecified atom stereocenters. The second kappa shape index (κ2) is 20.9. The maximum absolute atomic E-state index is 6.69. The van der Waals surface area contributed by atoms with E-state index < -0.39 is 0 Å². The predicted octanol–water partition coefficient (Wildman–Crippen LogP) is 15.2. The van der Waals surface area contributed by atoms with Crippen LogP contribution < -0.4 is 21.2 Å². The topological polar surface area (TPSA) is 31.2 Å². The number of nitrogens with zero attached hydrogens (tertiary/aromatic N) is 1. The smallest absolute Gasteiger partial charge is 0.159 e. The molecule has 8 aromatic rings. The summed E-state index contributed by atoms with van der Waals surface area (Å²) in [4.78, 5) is 0. The van der Waals surface area contributed by atoms with E-state index >= 15 is 0 Å². The van der Waals surface area contributed by atoms with Crippen molar-refractivity contribution >= 4 is 79.8 Å². The van der Waals surface area contributed by atoms with Gasteiger partial charge in [0.25, 0.3) is 0 Å². The Labute approximate surface area is 400 Å². The Morgan fingerprint density at radius 1 is 0.750 bits per heavy atom. The first-order chi connectivity index (χ1) is 33.4. The minimum atomic E-state index is 0.784. The highest BCUT2D eigenvalue weighted by atomic mass is 16.3. The molecule has 3 heteroatoms. The van der Waals surface area contributed by atoms with Gasteiger partial charge in [0.1, 0.15) is 16.6 Å². The summed E-state index contributed by atoms with van der Waals surface area (Å²) in [5.41, 5.74) is 16.2. The van der Waals surface area contributed by atoms with Crippen LogP contribution in [0.2, 0.25) is 0 Å². The zero-order valence-corrected chi connectivity index (χ0v) is 40.2. The summed E-state index contributed by atoms with van der Waals surface area (Å²) in [7, 11) is 0. The van der Waals surface area contributed by atoms with E-state index in [9.17, 15) is 0 Å². The number of hydrogen-bond acceptors (Lipinski definition) is 2. The summed E-state index contributed by atoms with van der Waals surface area (Å²) < 4.78 is 15.4. The molecule has 0 radical (unpaired) electrons. The van der Waals surface area contributed by atoms with E-state index in [1.165, 1.54) is 66.0 Å². The number of rotatable bonds is 12. The van der Waals surface area contributed by atoms with Crippen molar-refractivity contribution in [1.29, 1.82) is 0 Å². The molecule has 0 amide bonds. The molecule has 68 heavy (non-hydrogen) atoms. The van der Waals surface area contributed by atoms with Gasteiger partial charge >= 0.3 is 0 Å². The Kier molecular flexibility index (Phi) is 14.0. The van der Waals surface area contributed by atoms with Crippen LogP contribution in [0.15, 0.2) is 196 Å². The number of fused-ring (bicyclic) bond motifs is 9. The van der Waals surface area contributed by atoms with Crippen molar-refractivity contribution in [2.24, 2.45) is 0 Å². The van der Waals surface area contributed by atoms with Gasteiger partial charge in [0, 0.05) is 32.0 Å². The normalized spacial score (nSPS) is 14.2. The lowest BCUT2D eigenvalue weighted by atomic mass is 9.98. The molecule has 2 aliphatic rings. The summed E-state index contributed by atoms with van der Waals surface area (Å²) in [6.45, 7) is 14.5. The molecule has 0 bridgehead atoms.